The number of aromatic nitrogens is 2. The standard InChI is InChI=1S/C14H21N3O3S/c1-8-10(12(18)15-6-14(2,20)7-21-3)13(19)17-11(16-8)9-4-5-9/h9,20H,4-7H2,1-3H3,(H,15,18)(H,16,17,19). The average molecular weight is 311 g/mol. The highest BCUT2D eigenvalue weighted by Gasteiger charge is 2.28. The summed E-state index contributed by atoms with van der Waals surface area (Å²) in [7, 11) is 0. The summed E-state index contributed by atoms with van der Waals surface area (Å²) in [5, 5.41) is 12.6. The van der Waals surface area contributed by atoms with E-state index in [0.29, 0.717) is 23.2 Å². The summed E-state index contributed by atoms with van der Waals surface area (Å²) in [4.78, 5) is 31.2. The van der Waals surface area contributed by atoms with Crippen molar-refractivity contribution in [3.63, 3.8) is 0 Å². The quantitative estimate of drug-likeness (QED) is 0.722. The van der Waals surface area contributed by atoms with Crippen LogP contribution in [0.3, 0.4) is 0 Å². The smallest absolute Gasteiger partial charge is 0.264 e. The van der Waals surface area contributed by atoms with Gasteiger partial charge in [0, 0.05) is 18.2 Å². The molecule has 0 spiro atoms. The van der Waals surface area contributed by atoms with Gasteiger partial charge in [-0.3, -0.25) is 9.59 Å². The molecule has 0 bridgehead atoms. The second kappa shape index (κ2) is 6.19. The van der Waals surface area contributed by atoms with Gasteiger partial charge in [0.2, 0.25) is 0 Å². The van der Waals surface area contributed by atoms with Gasteiger partial charge in [0.25, 0.3) is 11.5 Å². The van der Waals surface area contributed by atoms with E-state index in [4.69, 9.17) is 0 Å². The third-order valence-electron chi connectivity index (χ3n) is 3.39. The van der Waals surface area contributed by atoms with Crippen LogP contribution in [0.4, 0.5) is 0 Å². The fraction of sp³-hybridized carbons (Fsp3) is 0.643. The van der Waals surface area contributed by atoms with Gasteiger partial charge in [-0.05, 0) is 32.9 Å². The molecule has 7 heteroatoms. The molecule has 0 aliphatic heterocycles. The maximum Gasteiger partial charge on any atom is 0.264 e. The zero-order chi connectivity index (χ0) is 15.6. The Morgan fingerprint density at radius 2 is 2.24 bits per heavy atom. The third-order valence-corrected chi connectivity index (χ3v) is 4.31. The minimum absolute atomic E-state index is 0.0272. The lowest BCUT2D eigenvalue weighted by Gasteiger charge is -2.22. The topological polar surface area (TPSA) is 95.1 Å². The first-order valence-corrected chi connectivity index (χ1v) is 8.34. The monoisotopic (exact) mass is 311 g/mol. The number of hydrogen-bond acceptors (Lipinski definition) is 5. The van der Waals surface area contributed by atoms with Crippen molar-refractivity contribution in [2.45, 2.75) is 38.2 Å². The normalized spacial score (nSPS) is 17.3. The van der Waals surface area contributed by atoms with Gasteiger partial charge in [-0.15, -0.1) is 0 Å². The lowest BCUT2D eigenvalue weighted by Crippen LogP contribution is -2.44. The molecule has 21 heavy (non-hydrogen) atoms. The largest absolute Gasteiger partial charge is 0.387 e. The molecule has 1 aromatic heterocycles. The average Bonchev–Trinajstić information content (AvgIpc) is 3.19. The number of nitrogens with one attached hydrogen (secondary N) is 2. The second-order valence-corrected chi connectivity index (χ2v) is 6.66. The number of thioether (sulfide) groups is 1. The van der Waals surface area contributed by atoms with Crippen LogP contribution in [-0.4, -0.2) is 45.1 Å². The van der Waals surface area contributed by atoms with Crippen molar-refractivity contribution in [2.75, 3.05) is 18.6 Å². The van der Waals surface area contributed by atoms with Gasteiger partial charge in [0.15, 0.2) is 0 Å². The summed E-state index contributed by atoms with van der Waals surface area (Å²) in [6, 6.07) is 0. The summed E-state index contributed by atoms with van der Waals surface area (Å²) < 4.78 is 0. The lowest BCUT2D eigenvalue weighted by molar-refractivity contribution is 0.0723. The van der Waals surface area contributed by atoms with Crippen molar-refractivity contribution < 1.29 is 9.90 Å². The number of aryl methyl sites for hydroxylation is 1. The number of rotatable bonds is 6. The molecular formula is C14H21N3O3S. The van der Waals surface area contributed by atoms with Gasteiger partial charge < -0.3 is 15.4 Å². The van der Waals surface area contributed by atoms with Crippen molar-refractivity contribution in [3.8, 4) is 0 Å². The Morgan fingerprint density at radius 3 is 2.76 bits per heavy atom. The molecule has 0 saturated heterocycles. The number of aromatic amines is 1. The van der Waals surface area contributed by atoms with Crippen LogP contribution in [0, 0.1) is 6.92 Å². The van der Waals surface area contributed by atoms with Crippen LogP contribution < -0.4 is 10.9 Å². The highest BCUT2D eigenvalue weighted by atomic mass is 32.2. The van der Waals surface area contributed by atoms with Crippen molar-refractivity contribution in [1.82, 2.24) is 15.3 Å². The van der Waals surface area contributed by atoms with Gasteiger partial charge in [-0.1, -0.05) is 0 Å². The number of hydrogen-bond donors (Lipinski definition) is 3. The summed E-state index contributed by atoms with van der Waals surface area (Å²) in [5.74, 6) is 1.01. The maximum absolute atomic E-state index is 12.1. The molecule has 116 valence electrons. The van der Waals surface area contributed by atoms with Crippen LogP contribution >= 0.6 is 11.8 Å². The number of H-pyrrole nitrogens is 1. The van der Waals surface area contributed by atoms with E-state index in [2.05, 4.69) is 15.3 Å². The minimum atomic E-state index is -1.00. The fourth-order valence-corrected chi connectivity index (χ4v) is 2.87. The fourth-order valence-electron chi connectivity index (χ4n) is 2.15. The van der Waals surface area contributed by atoms with Crippen LogP contribution in [0.15, 0.2) is 4.79 Å². The first-order valence-electron chi connectivity index (χ1n) is 6.94. The third kappa shape index (κ3) is 4.07. The van der Waals surface area contributed by atoms with Crippen LogP contribution in [0.5, 0.6) is 0 Å². The highest BCUT2D eigenvalue weighted by molar-refractivity contribution is 7.98. The Balaban J connectivity index is 2.10. The van der Waals surface area contributed by atoms with Crippen LogP contribution in [0.1, 0.15) is 47.6 Å². The molecular weight excluding hydrogens is 290 g/mol. The minimum Gasteiger partial charge on any atom is -0.387 e. The van der Waals surface area contributed by atoms with Gasteiger partial charge in [-0.25, -0.2) is 4.98 Å². The SMILES string of the molecule is CSCC(C)(O)CNC(=O)c1c(C)nc(C2CC2)[nH]c1=O. The van der Waals surface area contributed by atoms with E-state index in [9.17, 15) is 14.7 Å². The Morgan fingerprint density at radius 1 is 1.57 bits per heavy atom. The van der Waals surface area contributed by atoms with Crippen LogP contribution in [0.25, 0.3) is 0 Å². The highest BCUT2D eigenvalue weighted by Crippen LogP contribution is 2.37. The number of aliphatic hydroxyl groups is 1. The van der Waals surface area contributed by atoms with Gasteiger partial charge in [0.1, 0.15) is 11.4 Å². The molecule has 1 atom stereocenters. The summed E-state index contributed by atoms with van der Waals surface area (Å²) in [5.41, 5.74) is -0.953. The van der Waals surface area contributed by atoms with E-state index < -0.39 is 17.1 Å². The molecule has 1 aliphatic rings. The van der Waals surface area contributed by atoms with Crippen molar-refractivity contribution in [1.29, 1.82) is 0 Å². The Kier molecular flexibility index (Phi) is 4.73. The van der Waals surface area contributed by atoms with E-state index in [1.165, 1.54) is 11.8 Å². The summed E-state index contributed by atoms with van der Waals surface area (Å²) in [6.45, 7) is 3.40. The molecule has 1 aliphatic carbocycles. The van der Waals surface area contributed by atoms with E-state index >= 15 is 0 Å². The second-order valence-electron chi connectivity index (χ2n) is 5.80. The number of nitrogens with zero attached hydrogens (tertiary/aromatic N) is 1. The molecule has 1 heterocycles. The molecule has 0 aromatic carbocycles. The predicted molar refractivity (Wildman–Crippen MR) is 82.9 cm³/mol. The van der Waals surface area contributed by atoms with E-state index in [1.54, 1.807) is 13.8 Å². The van der Waals surface area contributed by atoms with E-state index in [-0.39, 0.29) is 12.1 Å². The Hall–Kier alpha value is -1.34. The molecule has 2 rings (SSSR count). The number of carbonyl (C=O) groups is 1. The first-order chi connectivity index (χ1) is 9.84. The van der Waals surface area contributed by atoms with E-state index in [1.807, 2.05) is 6.26 Å². The molecule has 1 amide bonds. The number of amides is 1. The molecule has 1 unspecified atom stereocenters. The van der Waals surface area contributed by atoms with Gasteiger partial charge in [0.05, 0.1) is 11.3 Å². The molecule has 6 nitrogen and oxygen atoms in total. The van der Waals surface area contributed by atoms with Gasteiger partial charge in [-0.2, -0.15) is 11.8 Å². The summed E-state index contributed by atoms with van der Waals surface area (Å²) >= 11 is 1.49. The van der Waals surface area contributed by atoms with Crippen molar-refractivity contribution >= 4 is 17.7 Å². The molecule has 1 aromatic rings. The van der Waals surface area contributed by atoms with Crippen LogP contribution in [-0.2, 0) is 0 Å². The van der Waals surface area contributed by atoms with Crippen molar-refractivity contribution in [2.24, 2.45) is 0 Å². The molecule has 3 N–H and O–H groups in total. The zero-order valence-electron chi connectivity index (χ0n) is 12.5. The first kappa shape index (κ1) is 16.0. The van der Waals surface area contributed by atoms with E-state index in [0.717, 1.165) is 12.8 Å². The predicted octanol–water partition coefficient (Wildman–Crippen LogP) is 0.800. The lowest BCUT2D eigenvalue weighted by atomic mass is 10.1. The molecule has 1 fully saturated rings. The summed E-state index contributed by atoms with van der Waals surface area (Å²) in [6.07, 6.45) is 3.95. The molecule has 1 saturated carbocycles. The zero-order valence-corrected chi connectivity index (χ0v) is 13.3. The van der Waals surface area contributed by atoms with Gasteiger partial charge >= 0.3 is 0 Å². The Labute approximate surface area is 127 Å². The maximum atomic E-state index is 12.1. The number of carbonyl (C=O) groups excluding carboxylic acids is 1. The molecule has 0 radical (unpaired) electrons. The van der Waals surface area contributed by atoms with Crippen LogP contribution in [0.2, 0.25) is 0 Å². The van der Waals surface area contributed by atoms with Crippen molar-refractivity contribution in [3.05, 3.63) is 27.4 Å². The Bertz CT molecular complexity index is 594.